The summed E-state index contributed by atoms with van der Waals surface area (Å²) in [5.74, 6) is 1.00. The van der Waals surface area contributed by atoms with E-state index in [1.165, 1.54) is 0 Å². The van der Waals surface area contributed by atoms with E-state index in [1.54, 1.807) is 25.6 Å². The number of ether oxygens (including phenoxy) is 1. The maximum atomic E-state index is 11.5. The summed E-state index contributed by atoms with van der Waals surface area (Å²) in [5.41, 5.74) is 11.0. The summed E-state index contributed by atoms with van der Waals surface area (Å²) in [6.07, 6.45) is 4.45. The standard InChI is InChI=1S/C23H25N5O2/c1-27-9-10-28(15-29)21(14-27)17-5-3-16(4-6-17)19-11-20(23(24)26-13-19)18-7-8-22(30-2)25-12-18/h3-8,11-13,15,21H,9-10,14H2,1-2H3,(H2,24,26). The molecule has 1 amide bonds. The second-order valence-electron chi connectivity index (χ2n) is 7.49. The molecule has 2 N–H and O–H groups in total. The lowest BCUT2D eigenvalue weighted by Gasteiger charge is -2.38. The molecule has 1 atom stereocenters. The molecule has 0 radical (unpaired) electrons. The second-order valence-corrected chi connectivity index (χ2v) is 7.49. The first-order chi connectivity index (χ1) is 14.6. The lowest BCUT2D eigenvalue weighted by Crippen LogP contribution is -2.46. The first kappa shape index (κ1) is 19.8. The van der Waals surface area contributed by atoms with Crippen LogP contribution in [0.1, 0.15) is 11.6 Å². The summed E-state index contributed by atoms with van der Waals surface area (Å²) < 4.78 is 5.13. The van der Waals surface area contributed by atoms with Gasteiger partial charge in [0.1, 0.15) is 5.82 Å². The number of aromatic nitrogens is 2. The van der Waals surface area contributed by atoms with Crippen LogP contribution in [0, 0.1) is 0 Å². The third kappa shape index (κ3) is 3.97. The number of carbonyl (C=O) groups is 1. The van der Waals surface area contributed by atoms with Crippen LogP contribution in [0.3, 0.4) is 0 Å². The van der Waals surface area contributed by atoms with Crippen molar-refractivity contribution >= 4 is 12.2 Å². The number of carbonyl (C=O) groups excluding carboxylic acids is 1. The molecule has 0 saturated carbocycles. The zero-order chi connectivity index (χ0) is 21.1. The molecule has 1 aliphatic heterocycles. The third-order valence-electron chi connectivity index (χ3n) is 5.56. The molecule has 0 spiro atoms. The molecule has 4 rings (SSSR count). The summed E-state index contributed by atoms with van der Waals surface area (Å²) in [6.45, 7) is 2.47. The summed E-state index contributed by atoms with van der Waals surface area (Å²) in [6, 6.07) is 14.1. The number of nitrogens with zero attached hydrogens (tertiary/aromatic N) is 4. The van der Waals surface area contributed by atoms with E-state index in [2.05, 4.69) is 46.2 Å². The minimum absolute atomic E-state index is 0.0702. The van der Waals surface area contributed by atoms with Crippen molar-refractivity contribution in [2.45, 2.75) is 6.04 Å². The topological polar surface area (TPSA) is 84.6 Å². The van der Waals surface area contributed by atoms with Crippen molar-refractivity contribution in [3.05, 3.63) is 60.4 Å². The van der Waals surface area contributed by atoms with E-state index < -0.39 is 0 Å². The van der Waals surface area contributed by atoms with Gasteiger partial charge in [-0.25, -0.2) is 9.97 Å². The smallest absolute Gasteiger partial charge is 0.212 e. The predicted molar refractivity (Wildman–Crippen MR) is 117 cm³/mol. The van der Waals surface area contributed by atoms with Gasteiger partial charge >= 0.3 is 0 Å². The van der Waals surface area contributed by atoms with Gasteiger partial charge in [0.05, 0.1) is 13.2 Å². The summed E-state index contributed by atoms with van der Waals surface area (Å²) in [5, 5.41) is 0. The monoisotopic (exact) mass is 403 g/mol. The average molecular weight is 403 g/mol. The summed E-state index contributed by atoms with van der Waals surface area (Å²) in [7, 11) is 3.67. The number of likely N-dealkylation sites (N-methyl/N-ethyl adjacent to an activating group) is 1. The molecular formula is C23H25N5O2. The summed E-state index contributed by atoms with van der Waals surface area (Å²) in [4.78, 5) is 24.2. The van der Waals surface area contributed by atoms with Crippen LogP contribution in [0.15, 0.2) is 54.9 Å². The number of amides is 1. The Hall–Kier alpha value is -3.45. The van der Waals surface area contributed by atoms with Crippen LogP contribution in [0.5, 0.6) is 5.88 Å². The molecule has 3 heterocycles. The first-order valence-electron chi connectivity index (χ1n) is 9.85. The lowest BCUT2D eigenvalue weighted by atomic mass is 9.98. The van der Waals surface area contributed by atoms with Gasteiger partial charge in [0.2, 0.25) is 12.3 Å². The number of benzene rings is 1. The van der Waals surface area contributed by atoms with Crippen LogP contribution in [-0.4, -0.2) is 60.0 Å². The maximum absolute atomic E-state index is 11.5. The Morgan fingerprint density at radius 3 is 2.43 bits per heavy atom. The van der Waals surface area contributed by atoms with Crippen molar-refractivity contribution in [3.8, 4) is 28.1 Å². The molecule has 1 saturated heterocycles. The van der Waals surface area contributed by atoms with Gasteiger partial charge in [-0.1, -0.05) is 24.3 Å². The van der Waals surface area contributed by atoms with Crippen LogP contribution in [0.25, 0.3) is 22.3 Å². The largest absolute Gasteiger partial charge is 0.481 e. The molecule has 0 aliphatic carbocycles. The van der Waals surface area contributed by atoms with Crippen LogP contribution in [0.4, 0.5) is 5.82 Å². The maximum Gasteiger partial charge on any atom is 0.212 e. The zero-order valence-corrected chi connectivity index (χ0v) is 17.2. The van der Waals surface area contributed by atoms with Crippen LogP contribution >= 0.6 is 0 Å². The average Bonchev–Trinajstić information content (AvgIpc) is 2.79. The highest BCUT2D eigenvalue weighted by molar-refractivity contribution is 5.79. The number of piperazine rings is 1. The SMILES string of the molecule is COc1ccc(-c2cc(-c3ccc(C4CN(C)CCN4C=O)cc3)cnc2N)cn1. The molecule has 3 aromatic rings. The van der Waals surface area contributed by atoms with Gasteiger partial charge in [-0.05, 0) is 30.3 Å². The molecule has 1 aliphatic rings. The fourth-order valence-corrected chi connectivity index (χ4v) is 3.78. The Bertz CT molecular complexity index is 1020. The number of nitrogen functional groups attached to an aromatic ring is 1. The molecule has 7 heteroatoms. The molecular weight excluding hydrogens is 378 g/mol. The van der Waals surface area contributed by atoms with Crippen molar-refractivity contribution in [1.82, 2.24) is 19.8 Å². The third-order valence-corrected chi connectivity index (χ3v) is 5.56. The number of hydrogen-bond donors (Lipinski definition) is 1. The minimum atomic E-state index is 0.0702. The fraction of sp³-hybridized carbons (Fsp3) is 0.261. The highest BCUT2D eigenvalue weighted by Crippen LogP contribution is 2.31. The molecule has 7 nitrogen and oxygen atoms in total. The first-order valence-corrected chi connectivity index (χ1v) is 9.85. The minimum Gasteiger partial charge on any atom is -0.481 e. The highest BCUT2D eigenvalue weighted by Gasteiger charge is 2.25. The number of nitrogens with two attached hydrogens (primary N) is 1. The summed E-state index contributed by atoms with van der Waals surface area (Å²) >= 11 is 0. The van der Waals surface area contributed by atoms with Crippen LogP contribution in [0.2, 0.25) is 0 Å². The van der Waals surface area contributed by atoms with Crippen LogP contribution < -0.4 is 10.5 Å². The van der Waals surface area contributed by atoms with E-state index in [4.69, 9.17) is 10.5 Å². The number of anilines is 1. The Morgan fingerprint density at radius 2 is 1.77 bits per heavy atom. The van der Waals surface area contributed by atoms with E-state index in [9.17, 15) is 4.79 Å². The van der Waals surface area contributed by atoms with E-state index >= 15 is 0 Å². The van der Waals surface area contributed by atoms with E-state index in [0.717, 1.165) is 53.9 Å². The predicted octanol–water partition coefficient (Wildman–Crippen LogP) is 2.85. The molecule has 30 heavy (non-hydrogen) atoms. The number of rotatable bonds is 5. The van der Waals surface area contributed by atoms with Gasteiger partial charge < -0.3 is 20.3 Å². The molecule has 1 unspecified atom stereocenters. The van der Waals surface area contributed by atoms with Crippen LogP contribution in [-0.2, 0) is 4.79 Å². The molecule has 1 fully saturated rings. The van der Waals surface area contributed by atoms with Gasteiger partial charge in [0, 0.05) is 54.8 Å². The zero-order valence-electron chi connectivity index (χ0n) is 17.2. The normalized spacial score (nSPS) is 17.0. The van der Waals surface area contributed by atoms with Gasteiger partial charge in [-0.15, -0.1) is 0 Å². The van der Waals surface area contributed by atoms with Gasteiger partial charge in [0.25, 0.3) is 0 Å². The number of pyridine rings is 2. The molecule has 154 valence electrons. The van der Waals surface area contributed by atoms with Gasteiger partial charge in [0.15, 0.2) is 0 Å². The highest BCUT2D eigenvalue weighted by atomic mass is 16.5. The van der Waals surface area contributed by atoms with E-state index in [1.807, 2.05) is 17.0 Å². The second kappa shape index (κ2) is 8.51. The number of methoxy groups -OCH3 is 1. The van der Waals surface area contributed by atoms with Crippen molar-refractivity contribution in [3.63, 3.8) is 0 Å². The Kier molecular flexibility index (Phi) is 5.63. The van der Waals surface area contributed by atoms with Crippen molar-refractivity contribution in [2.24, 2.45) is 0 Å². The molecule has 2 aromatic heterocycles. The number of hydrogen-bond acceptors (Lipinski definition) is 6. The van der Waals surface area contributed by atoms with E-state index in [0.29, 0.717) is 11.7 Å². The molecule has 0 bridgehead atoms. The van der Waals surface area contributed by atoms with Crippen molar-refractivity contribution in [1.29, 1.82) is 0 Å². The van der Waals surface area contributed by atoms with Gasteiger partial charge in [-0.2, -0.15) is 0 Å². The fourth-order valence-electron chi connectivity index (χ4n) is 3.78. The van der Waals surface area contributed by atoms with Crippen molar-refractivity contribution < 1.29 is 9.53 Å². The lowest BCUT2D eigenvalue weighted by molar-refractivity contribution is -0.122. The molecule has 1 aromatic carbocycles. The Morgan fingerprint density at radius 1 is 1.03 bits per heavy atom. The van der Waals surface area contributed by atoms with Gasteiger partial charge in [-0.3, -0.25) is 4.79 Å². The van der Waals surface area contributed by atoms with E-state index in [-0.39, 0.29) is 6.04 Å². The Balaban J connectivity index is 1.62. The quantitative estimate of drug-likeness (QED) is 0.660. The Labute approximate surface area is 176 Å². The van der Waals surface area contributed by atoms with Crippen molar-refractivity contribution in [2.75, 3.05) is 39.5 Å².